The van der Waals surface area contributed by atoms with Gasteiger partial charge < -0.3 is 14.5 Å². The van der Waals surface area contributed by atoms with Crippen LogP contribution in [0.25, 0.3) is 5.65 Å². The third-order valence-corrected chi connectivity index (χ3v) is 5.11. The number of rotatable bonds is 3. The van der Waals surface area contributed by atoms with Gasteiger partial charge in [-0.25, -0.2) is 0 Å². The second-order valence-corrected chi connectivity index (χ2v) is 7.02. The van der Waals surface area contributed by atoms with Gasteiger partial charge in [-0.1, -0.05) is 0 Å². The molecule has 0 spiro atoms. The lowest BCUT2D eigenvalue weighted by atomic mass is 9.95. The first-order valence-electron chi connectivity index (χ1n) is 8.93. The van der Waals surface area contributed by atoms with Crippen molar-refractivity contribution in [2.45, 2.75) is 37.7 Å². The van der Waals surface area contributed by atoms with Gasteiger partial charge in [0.1, 0.15) is 11.9 Å². The molecule has 134 valence electrons. The molecule has 2 aliphatic heterocycles. The molecule has 4 rings (SSSR count). The van der Waals surface area contributed by atoms with Crippen molar-refractivity contribution in [3.63, 3.8) is 0 Å². The molecule has 8 heteroatoms. The molecule has 0 bridgehead atoms. The van der Waals surface area contributed by atoms with Gasteiger partial charge in [-0.2, -0.15) is 4.52 Å². The highest BCUT2D eigenvalue weighted by atomic mass is 16.5. The van der Waals surface area contributed by atoms with Crippen LogP contribution in [-0.2, 0) is 9.53 Å². The molecule has 0 radical (unpaired) electrons. The Kier molecular flexibility index (Phi) is 4.29. The van der Waals surface area contributed by atoms with E-state index >= 15 is 0 Å². The zero-order valence-electron chi connectivity index (χ0n) is 14.8. The minimum Gasteiger partial charge on any atom is -0.368 e. The number of fused-ring (bicyclic) bond motifs is 1. The molecule has 1 amide bonds. The molecule has 2 aromatic rings. The van der Waals surface area contributed by atoms with Gasteiger partial charge in [-0.3, -0.25) is 4.79 Å². The molecule has 0 N–H and O–H groups in total. The number of anilines is 1. The fraction of sp³-hybridized carbons (Fsp3) is 0.647. The average Bonchev–Trinajstić information content (AvgIpc) is 3.30. The first kappa shape index (κ1) is 16.3. The number of hydrogen-bond acceptors (Lipinski definition) is 6. The maximum absolute atomic E-state index is 12.5. The standard InChI is InChI=1S/C17H24N6O2/c1-21(2)15-6-5-14-18-19-16(23(14)20-15)12-7-9-22(10-8-12)17(24)13-4-3-11-25-13/h5-6,12-13H,3-4,7-11H2,1-2H3. The minimum absolute atomic E-state index is 0.148. The van der Waals surface area contributed by atoms with Gasteiger partial charge in [0.15, 0.2) is 11.5 Å². The Morgan fingerprint density at radius 2 is 2.00 bits per heavy atom. The largest absolute Gasteiger partial charge is 0.368 e. The van der Waals surface area contributed by atoms with Gasteiger partial charge >= 0.3 is 0 Å². The molecular formula is C17H24N6O2. The van der Waals surface area contributed by atoms with E-state index in [4.69, 9.17) is 4.74 Å². The van der Waals surface area contributed by atoms with Crippen LogP contribution in [0.2, 0.25) is 0 Å². The van der Waals surface area contributed by atoms with Crippen LogP contribution in [0.1, 0.15) is 37.4 Å². The smallest absolute Gasteiger partial charge is 0.251 e. The lowest BCUT2D eigenvalue weighted by Gasteiger charge is -2.32. The number of piperidine rings is 1. The Balaban J connectivity index is 1.48. The van der Waals surface area contributed by atoms with Crippen LogP contribution in [0, 0.1) is 0 Å². The maximum Gasteiger partial charge on any atom is 0.251 e. The molecule has 8 nitrogen and oxygen atoms in total. The predicted molar refractivity (Wildman–Crippen MR) is 92.6 cm³/mol. The van der Waals surface area contributed by atoms with Crippen LogP contribution in [0.15, 0.2) is 12.1 Å². The average molecular weight is 344 g/mol. The second-order valence-electron chi connectivity index (χ2n) is 7.02. The number of carbonyl (C=O) groups excluding carboxylic acids is 1. The molecule has 4 heterocycles. The first-order valence-corrected chi connectivity index (χ1v) is 8.93. The van der Waals surface area contributed by atoms with Crippen LogP contribution < -0.4 is 4.90 Å². The van der Waals surface area contributed by atoms with Crippen LogP contribution in [-0.4, -0.2) is 70.5 Å². The molecule has 2 saturated heterocycles. The number of nitrogens with zero attached hydrogens (tertiary/aromatic N) is 6. The van der Waals surface area contributed by atoms with E-state index in [-0.39, 0.29) is 17.9 Å². The van der Waals surface area contributed by atoms with E-state index in [2.05, 4.69) is 15.3 Å². The summed E-state index contributed by atoms with van der Waals surface area (Å²) in [4.78, 5) is 16.4. The van der Waals surface area contributed by atoms with Crippen LogP contribution in [0.4, 0.5) is 5.82 Å². The van der Waals surface area contributed by atoms with Crippen LogP contribution in [0.3, 0.4) is 0 Å². The monoisotopic (exact) mass is 344 g/mol. The van der Waals surface area contributed by atoms with E-state index < -0.39 is 0 Å². The molecule has 2 aromatic heterocycles. The van der Waals surface area contributed by atoms with E-state index in [1.165, 1.54) is 0 Å². The Labute approximate surface area is 146 Å². The Hall–Kier alpha value is -2.22. The Morgan fingerprint density at radius 3 is 2.68 bits per heavy atom. The maximum atomic E-state index is 12.5. The molecule has 2 aliphatic rings. The molecule has 0 aliphatic carbocycles. The molecule has 2 fully saturated rings. The topological polar surface area (TPSA) is 75.9 Å². The number of carbonyl (C=O) groups is 1. The van der Waals surface area contributed by atoms with Crippen LogP contribution >= 0.6 is 0 Å². The van der Waals surface area contributed by atoms with Crippen molar-refractivity contribution in [2.24, 2.45) is 0 Å². The summed E-state index contributed by atoms with van der Waals surface area (Å²) in [5.41, 5.74) is 0.762. The van der Waals surface area contributed by atoms with Crippen molar-refractivity contribution in [3.8, 4) is 0 Å². The molecule has 0 saturated carbocycles. The van der Waals surface area contributed by atoms with E-state index in [9.17, 15) is 4.79 Å². The highest BCUT2D eigenvalue weighted by Crippen LogP contribution is 2.28. The quantitative estimate of drug-likeness (QED) is 0.829. The fourth-order valence-corrected chi connectivity index (χ4v) is 3.62. The Morgan fingerprint density at radius 1 is 1.20 bits per heavy atom. The zero-order valence-corrected chi connectivity index (χ0v) is 14.8. The van der Waals surface area contributed by atoms with Crippen molar-refractivity contribution < 1.29 is 9.53 Å². The van der Waals surface area contributed by atoms with Gasteiger partial charge in [0.25, 0.3) is 5.91 Å². The lowest BCUT2D eigenvalue weighted by molar-refractivity contribution is -0.142. The zero-order chi connectivity index (χ0) is 17.4. The second kappa shape index (κ2) is 6.59. The van der Waals surface area contributed by atoms with Crippen molar-refractivity contribution in [2.75, 3.05) is 38.7 Å². The normalized spacial score (nSPS) is 21.8. The van der Waals surface area contributed by atoms with Crippen molar-refractivity contribution in [3.05, 3.63) is 18.0 Å². The molecule has 1 atom stereocenters. The van der Waals surface area contributed by atoms with E-state index in [1.807, 2.05) is 40.5 Å². The van der Waals surface area contributed by atoms with Crippen molar-refractivity contribution in [1.29, 1.82) is 0 Å². The van der Waals surface area contributed by atoms with Gasteiger partial charge in [0, 0.05) is 39.7 Å². The summed E-state index contributed by atoms with van der Waals surface area (Å²) in [7, 11) is 3.93. The summed E-state index contributed by atoms with van der Waals surface area (Å²) < 4.78 is 7.37. The summed E-state index contributed by atoms with van der Waals surface area (Å²) in [5.74, 6) is 2.19. The lowest BCUT2D eigenvalue weighted by Crippen LogP contribution is -2.43. The van der Waals surface area contributed by atoms with E-state index in [0.717, 1.165) is 56.1 Å². The number of likely N-dealkylation sites (tertiary alicyclic amines) is 1. The molecule has 25 heavy (non-hydrogen) atoms. The summed E-state index contributed by atoms with van der Waals surface area (Å²) in [6.45, 7) is 2.19. The molecule has 1 unspecified atom stereocenters. The Bertz CT molecular complexity index is 760. The highest BCUT2D eigenvalue weighted by molar-refractivity contribution is 5.81. The first-order chi connectivity index (χ1) is 12.1. The minimum atomic E-state index is -0.227. The fourth-order valence-electron chi connectivity index (χ4n) is 3.62. The van der Waals surface area contributed by atoms with Crippen molar-refractivity contribution >= 4 is 17.4 Å². The number of ether oxygens (including phenoxy) is 1. The summed E-state index contributed by atoms with van der Waals surface area (Å²) in [6, 6.07) is 3.88. The predicted octanol–water partition coefficient (Wildman–Crippen LogP) is 1.08. The molecule has 0 aromatic carbocycles. The highest BCUT2D eigenvalue weighted by Gasteiger charge is 2.32. The van der Waals surface area contributed by atoms with E-state index in [1.54, 1.807) is 0 Å². The summed E-state index contributed by atoms with van der Waals surface area (Å²) in [6.07, 6.45) is 3.37. The summed E-state index contributed by atoms with van der Waals surface area (Å²) in [5, 5.41) is 13.3. The third-order valence-electron chi connectivity index (χ3n) is 5.11. The van der Waals surface area contributed by atoms with Gasteiger partial charge in [0.05, 0.1) is 0 Å². The van der Waals surface area contributed by atoms with Crippen LogP contribution in [0.5, 0.6) is 0 Å². The number of aromatic nitrogens is 4. The van der Waals surface area contributed by atoms with E-state index in [0.29, 0.717) is 6.61 Å². The molecular weight excluding hydrogens is 320 g/mol. The van der Waals surface area contributed by atoms with Crippen molar-refractivity contribution in [1.82, 2.24) is 24.7 Å². The third kappa shape index (κ3) is 3.06. The van der Waals surface area contributed by atoms with Gasteiger partial charge in [-0.05, 0) is 37.8 Å². The number of amides is 1. The van der Waals surface area contributed by atoms with Gasteiger partial charge in [-0.15, -0.1) is 15.3 Å². The number of hydrogen-bond donors (Lipinski definition) is 0. The van der Waals surface area contributed by atoms with Gasteiger partial charge in [0.2, 0.25) is 0 Å². The summed E-state index contributed by atoms with van der Waals surface area (Å²) >= 11 is 0. The SMILES string of the molecule is CN(C)c1ccc2nnc(C3CCN(C(=O)C4CCCO4)CC3)n2n1.